The molecular formula is C10H22O2. The zero-order chi connectivity index (χ0) is 9.61. The molecule has 0 amide bonds. The largest absolute Gasteiger partial charge is 0.393 e. The molecule has 0 heterocycles. The van der Waals surface area contributed by atoms with E-state index in [-0.39, 0.29) is 6.61 Å². The van der Waals surface area contributed by atoms with Crippen LogP contribution in [-0.4, -0.2) is 22.4 Å². The standard InChI is InChI=1S/C10H22O2/c1-4-9(5-2)7-10(12,6-3)8-11/h9,11-12H,4-8H2,1-3H3. The maximum atomic E-state index is 9.81. The van der Waals surface area contributed by atoms with Gasteiger partial charge in [0.05, 0.1) is 12.2 Å². The minimum absolute atomic E-state index is 0.111. The molecule has 1 unspecified atom stereocenters. The van der Waals surface area contributed by atoms with Crippen molar-refractivity contribution >= 4 is 0 Å². The Hall–Kier alpha value is -0.0800. The van der Waals surface area contributed by atoms with Crippen molar-refractivity contribution in [2.75, 3.05) is 6.61 Å². The van der Waals surface area contributed by atoms with Gasteiger partial charge in [0.15, 0.2) is 0 Å². The van der Waals surface area contributed by atoms with Crippen LogP contribution in [0.2, 0.25) is 0 Å². The first-order valence-electron chi connectivity index (χ1n) is 4.95. The number of aliphatic hydroxyl groups is 2. The van der Waals surface area contributed by atoms with Crippen molar-refractivity contribution in [2.45, 2.75) is 52.1 Å². The predicted octanol–water partition coefficient (Wildman–Crippen LogP) is 1.95. The molecule has 0 radical (unpaired) electrons. The van der Waals surface area contributed by atoms with Crippen LogP contribution in [0.4, 0.5) is 0 Å². The highest BCUT2D eigenvalue weighted by Crippen LogP contribution is 2.24. The molecular weight excluding hydrogens is 152 g/mol. The van der Waals surface area contributed by atoms with Gasteiger partial charge in [0.1, 0.15) is 0 Å². The molecule has 1 atom stereocenters. The summed E-state index contributed by atoms with van der Waals surface area (Å²) in [6.45, 7) is 6.06. The molecule has 0 rings (SSSR count). The molecule has 0 aliphatic carbocycles. The monoisotopic (exact) mass is 174 g/mol. The number of hydrogen-bond acceptors (Lipinski definition) is 2. The summed E-state index contributed by atoms with van der Waals surface area (Å²) in [6, 6.07) is 0. The van der Waals surface area contributed by atoms with Crippen molar-refractivity contribution in [3.8, 4) is 0 Å². The van der Waals surface area contributed by atoms with Crippen LogP contribution in [0.5, 0.6) is 0 Å². The van der Waals surface area contributed by atoms with Gasteiger partial charge in [0.25, 0.3) is 0 Å². The minimum atomic E-state index is -0.837. The molecule has 2 nitrogen and oxygen atoms in total. The van der Waals surface area contributed by atoms with Crippen LogP contribution >= 0.6 is 0 Å². The maximum Gasteiger partial charge on any atom is 0.0877 e. The number of aliphatic hydroxyl groups excluding tert-OH is 1. The molecule has 0 aromatic carbocycles. The molecule has 0 saturated carbocycles. The third kappa shape index (κ3) is 3.55. The van der Waals surface area contributed by atoms with Crippen molar-refractivity contribution in [3.05, 3.63) is 0 Å². The van der Waals surface area contributed by atoms with Crippen molar-refractivity contribution in [2.24, 2.45) is 5.92 Å². The van der Waals surface area contributed by atoms with Gasteiger partial charge in [-0.05, 0) is 18.8 Å². The second-order valence-corrected chi connectivity index (χ2v) is 3.62. The normalized spacial score (nSPS) is 16.5. The molecule has 2 heteroatoms. The lowest BCUT2D eigenvalue weighted by Crippen LogP contribution is -2.34. The Bertz CT molecular complexity index is 104. The van der Waals surface area contributed by atoms with Crippen LogP contribution in [0.3, 0.4) is 0 Å². The lowest BCUT2D eigenvalue weighted by Gasteiger charge is -2.28. The first-order chi connectivity index (χ1) is 5.61. The summed E-state index contributed by atoms with van der Waals surface area (Å²) in [4.78, 5) is 0. The van der Waals surface area contributed by atoms with Crippen LogP contribution in [0.1, 0.15) is 46.5 Å². The molecule has 0 spiro atoms. The molecule has 0 aromatic heterocycles. The van der Waals surface area contributed by atoms with E-state index in [4.69, 9.17) is 5.11 Å². The number of rotatable bonds is 6. The topological polar surface area (TPSA) is 40.5 Å². The lowest BCUT2D eigenvalue weighted by molar-refractivity contribution is -0.0368. The van der Waals surface area contributed by atoms with E-state index in [9.17, 15) is 5.11 Å². The van der Waals surface area contributed by atoms with Gasteiger partial charge in [-0.1, -0.05) is 33.6 Å². The predicted molar refractivity (Wildman–Crippen MR) is 51.0 cm³/mol. The maximum absolute atomic E-state index is 9.81. The summed E-state index contributed by atoms with van der Waals surface area (Å²) >= 11 is 0. The Morgan fingerprint density at radius 1 is 1.17 bits per heavy atom. The summed E-state index contributed by atoms with van der Waals surface area (Å²) in [5.41, 5.74) is -0.837. The van der Waals surface area contributed by atoms with Gasteiger partial charge in [0, 0.05) is 0 Å². The van der Waals surface area contributed by atoms with E-state index < -0.39 is 5.60 Å². The Labute approximate surface area is 75.6 Å². The Balaban J connectivity index is 3.99. The van der Waals surface area contributed by atoms with E-state index in [0.29, 0.717) is 12.3 Å². The summed E-state index contributed by atoms with van der Waals surface area (Å²) in [5.74, 6) is 0.544. The molecule has 12 heavy (non-hydrogen) atoms. The zero-order valence-corrected chi connectivity index (χ0v) is 8.51. The molecule has 0 aromatic rings. The highest BCUT2D eigenvalue weighted by molar-refractivity contribution is 4.78. The average Bonchev–Trinajstić information content (AvgIpc) is 2.14. The van der Waals surface area contributed by atoms with Crippen LogP contribution in [-0.2, 0) is 0 Å². The average molecular weight is 174 g/mol. The molecule has 0 aliphatic rings. The van der Waals surface area contributed by atoms with Gasteiger partial charge in [-0.15, -0.1) is 0 Å². The van der Waals surface area contributed by atoms with Gasteiger partial charge in [-0.2, -0.15) is 0 Å². The smallest absolute Gasteiger partial charge is 0.0877 e. The van der Waals surface area contributed by atoms with E-state index in [1.54, 1.807) is 0 Å². The fraction of sp³-hybridized carbons (Fsp3) is 1.00. The first-order valence-corrected chi connectivity index (χ1v) is 4.95. The third-order valence-electron chi connectivity index (χ3n) is 2.78. The van der Waals surface area contributed by atoms with Crippen molar-refractivity contribution in [1.29, 1.82) is 0 Å². The van der Waals surface area contributed by atoms with Gasteiger partial charge in [-0.25, -0.2) is 0 Å². The Morgan fingerprint density at radius 3 is 1.92 bits per heavy atom. The minimum Gasteiger partial charge on any atom is -0.393 e. The van der Waals surface area contributed by atoms with Crippen LogP contribution in [0, 0.1) is 5.92 Å². The first kappa shape index (κ1) is 11.9. The fourth-order valence-electron chi connectivity index (χ4n) is 1.44. The van der Waals surface area contributed by atoms with Gasteiger partial charge in [-0.3, -0.25) is 0 Å². The van der Waals surface area contributed by atoms with E-state index in [1.807, 2.05) is 6.92 Å². The molecule has 0 bridgehead atoms. The van der Waals surface area contributed by atoms with Crippen LogP contribution in [0.25, 0.3) is 0 Å². The lowest BCUT2D eigenvalue weighted by atomic mass is 9.86. The third-order valence-corrected chi connectivity index (χ3v) is 2.78. The fourth-order valence-corrected chi connectivity index (χ4v) is 1.44. The van der Waals surface area contributed by atoms with Gasteiger partial charge in [0.2, 0.25) is 0 Å². The van der Waals surface area contributed by atoms with Crippen molar-refractivity contribution in [1.82, 2.24) is 0 Å². The highest BCUT2D eigenvalue weighted by atomic mass is 16.3. The molecule has 0 fully saturated rings. The van der Waals surface area contributed by atoms with E-state index >= 15 is 0 Å². The Morgan fingerprint density at radius 2 is 1.67 bits per heavy atom. The molecule has 0 saturated heterocycles. The van der Waals surface area contributed by atoms with E-state index in [0.717, 1.165) is 19.3 Å². The van der Waals surface area contributed by atoms with Crippen LogP contribution in [0.15, 0.2) is 0 Å². The second-order valence-electron chi connectivity index (χ2n) is 3.62. The van der Waals surface area contributed by atoms with Crippen LogP contribution < -0.4 is 0 Å². The molecule has 2 N–H and O–H groups in total. The summed E-state index contributed by atoms with van der Waals surface area (Å²) < 4.78 is 0. The van der Waals surface area contributed by atoms with Crippen molar-refractivity contribution in [3.63, 3.8) is 0 Å². The molecule has 0 aliphatic heterocycles. The summed E-state index contributed by atoms with van der Waals surface area (Å²) in [5, 5.41) is 18.8. The van der Waals surface area contributed by atoms with E-state index in [1.165, 1.54) is 0 Å². The van der Waals surface area contributed by atoms with E-state index in [2.05, 4.69) is 13.8 Å². The Kier molecular flexibility index (Phi) is 5.51. The SMILES string of the molecule is CCC(CC)CC(O)(CC)CO. The quantitative estimate of drug-likeness (QED) is 0.646. The summed E-state index contributed by atoms with van der Waals surface area (Å²) in [7, 11) is 0. The summed E-state index contributed by atoms with van der Waals surface area (Å²) in [6.07, 6.45) is 3.53. The number of hydrogen-bond donors (Lipinski definition) is 2. The zero-order valence-electron chi connectivity index (χ0n) is 8.51. The molecule has 74 valence electrons. The van der Waals surface area contributed by atoms with Gasteiger partial charge < -0.3 is 10.2 Å². The van der Waals surface area contributed by atoms with Gasteiger partial charge >= 0.3 is 0 Å². The van der Waals surface area contributed by atoms with Crippen molar-refractivity contribution < 1.29 is 10.2 Å². The second kappa shape index (κ2) is 5.55. The highest BCUT2D eigenvalue weighted by Gasteiger charge is 2.26.